The van der Waals surface area contributed by atoms with Gasteiger partial charge in [0.05, 0.1) is 24.8 Å². The number of furan rings is 2. The first kappa shape index (κ1) is 8.13. The smallest absolute Gasteiger partial charge is 0.128 e. The van der Waals surface area contributed by atoms with Gasteiger partial charge in [0.15, 0.2) is 0 Å². The van der Waals surface area contributed by atoms with Gasteiger partial charge in [0.25, 0.3) is 0 Å². The van der Waals surface area contributed by atoms with Crippen LogP contribution in [0.5, 0.6) is 0 Å². The van der Waals surface area contributed by atoms with Crippen LogP contribution in [0.4, 0.5) is 0 Å². The fourth-order valence-electron chi connectivity index (χ4n) is 1.31. The third kappa shape index (κ3) is 1.38. The number of rotatable bonds is 2. The zero-order chi connectivity index (χ0) is 9.26. The van der Waals surface area contributed by atoms with E-state index in [1.807, 2.05) is 19.1 Å². The van der Waals surface area contributed by atoms with Crippen molar-refractivity contribution in [2.75, 3.05) is 0 Å². The largest absolute Gasteiger partial charge is 0.472 e. The lowest BCUT2D eigenvalue weighted by molar-refractivity contribution is 0.483. The molecular formula is C10H11NO2. The minimum absolute atomic E-state index is 0.228. The average Bonchev–Trinajstić information content (AvgIpc) is 2.72. The molecule has 0 aliphatic heterocycles. The van der Waals surface area contributed by atoms with E-state index in [2.05, 4.69) is 0 Å². The van der Waals surface area contributed by atoms with Gasteiger partial charge in [0, 0.05) is 5.56 Å². The number of nitrogens with two attached hydrogens (primary N) is 1. The van der Waals surface area contributed by atoms with Gasteiger partial charge in [0.2, 0.25) is 0 Å². The molecule has 0 radical (unpaired) electrons. The van der Waals surface area contributed by atoms with Crippen molar-refractivity contribution in [2.24, 2.45) is 5.73 Å². The summed E-state index contributed by atoms with van der Waals surface area (Å²) in [5.41, 5.74) is 7.94. The number of hydrogen-bond donors (Lipinski definition) is 1. The molecule has 0 saturated carbocycles. The van der Waals surface area contributed by atoms with Crippen LogP contribution in [0.3, 0.4) is 0 Å². The maximum atomic E-state index is 5.95. The van der Waals surface area contributed by atoms with Crippen molar-refractivity contribution in [1.82, 2.24) is 0 Å². The fourth-order valence-corrected chi connectivity index (χ4v) is 1.31. The Kier molecular flexibility index (Phi) is 1.94. The molecule has 0 aromatic carbocycles. The van der Waals surface area contributed by atoms with E-state index >= 15 is 0 Å². The highest BCUT2D eigenvalue weighted by molar-refractivity contribution is 5.27. The molecule has 3 heteroatoms. The second-order valence-electron chi connectivity index (χ2n) is 3.00. The molecule has 1 atom stereocenters. The summed E-state index contributed by atoms with van der Waals surface area (Å²) in [6.45, 7) is 1.97. The van der Waals surface area contributed by atoms with Crippen LogP contribution < -0.4 is 5.73 Å². The number of aryl methyl sites for hydroxylation is 1. The topological polar surface area (TPSA) is 52.3 Å². The Balaban J connectivity index is 2.33. The van der Waals surface area contributed by atoms with Crippen LogP contribution in [0.2, 0.25) is 0 Å². The Bertz CT molecular complexity index is 375. The molecule has 0 fully saturated rings. The van der Waals surface area contributed by atoms with E-state index in [1.165, 1.54) is 0 Å². The van der Waals surface area contributed by atoms with Crippen molar-refractivity contribution in [3.8, 4) is 0 Å². The van der Waals surface area contributed by atoms with Gasteiger partial charge in [-0.25, -0.2) is 0 Å². The van der Waals surface area contributed by atoms with Crippen molar-refractivity contribution in [3.05, 3.63) is 47.8 Å². The highest BCUT2D eigenvalue weighted by Gasteiger charge is 2.15. The quantitative estimate of drug-likeness (QED) is 0.765. The molecule has 0 amide bonds. The monoisotopic (exact) mass is 177 g/mol. The van der Waals surface area contributed by atoms with Gasteiger partial charge in [-0.15, -0.1) is 0 Å². The maximum Gasteiger partial charge on any atom is 0.128 e. The van der Waals surface area contributed by atoms with E-state index in [0.717, 1.165) is 16.9 Å². The van der Waals surface area contributed by atoms with Crippen LogP contribution >= 0.6 is 0 Å². The molecular weight excluding hydrogens is 166 g/mol. The Morgan fingerprint density at radius 2 is 2.15 bits per heavy atom. The lowest BCUT2D eigenvalue weighted by Gasteiger charge is -2.06. The standard InChI is InChI=1S/C10H11NO2/c1-7-2-5-13-10(7)9(11)8-3-4-12-6-8/h2-6,9H,11H2,1H3. The molecule has 0 aliphatic carbocycles. The van der Waals surface area contributed by atoms with Gasteiger partial charge in [-0.05, 0) is 24.6 Å². The normalized spacial score (nSPS) is 13.1. The predicted octanol–water partition coefficient (Wildman–Crippen LogP) is 2.23. The van der Waals surface area contributed by atoms with Gasteiger partial charge >= 0.3 is 0 Å². The first-order valence-corrected chi connectivity index (χ1v) is 4.10. The third-order valence-corrected chi connectivity index (χ3v) is 2.09. The van der Waals surface area contributed by atoms with Gasteiger partial charge in [-0.2, -0.15) is 0 Å². The lowest BCUT2D eigenvalue weighted by atomic mass is 10.1. The van der Waals surface area contributed by atoms with Crippen molar-refractivity contribution < 1.29 is 8.83 Å². The molecule has 68 valence electrons. The lowest BCUT2D eigenvalue weighted by Crippen LogP contribution is -2.10. The second kappa shape index (κ2) is 3.11. The number of hydrogen-bond acceptors (Lipinski definition) is 3. The summed E-state index contributed by atoms with van der Waals surface area (Å²) in [5, 5.41) is 0. The Morgan fingerprint density at radius 3 is 2.69 bits per heavy atom. The van der Waals surface area contributed by atoms with Crippen LogP contribution in [-0.2, 0) is 0 Å². The van der Waals surface area contributed by atoms with Crippen LogP contribution in [0.25, 0.3) is 0 Å². The molecule has 2 N–H and O–H groups in total. The summed E-state index contributed by atoms with van der Waals surface area (Å²) in [7, 11) is 0. The first-order chi connectivity index (χ1) is 6.29. The van der Waals surface area contributed by atoms with Crippen LogP contribution in [0, 0.1) is 6.92 Å². The summed E-state index contributed by atoms with van der Waals surface area (Å²) in [6, 6.07) is 3.51. The van der Waals surface area contributed by atoms with Crippen LogP contribution in [-0.4, -0.2) is 0 Å². The van der Waals surface area contributed by atoms with Crippen LogP contribution in [0.1, 0.15) is 22.9 Å². The van der Waals surface area contributed by atoms with Crippen molar-refractivity contribution in [1.29, 1.82) is 0 Å². The summed E-state index contributed by atoms with van der Waals surface area (Å²) < 4.78 is 10.2. The van der Waals surface area contributed by atoms with E-state index in [-0.39, 0.29) is 6.04 Å². The molecule has 0 aliphatic rings. The molecule has 0 bridgehead atoms. The Labute approximate surface area is 76.1 Å². The van der Waals surface area contributed by atoms with Crippen molar-refractivity contribution in [2.45, 2.75) is 13.0 Å². The summed E-state index contributed by atoms with van der Waals surface area (Å²) in [4.78, 5) is 0. The van der Waals surface area contributed by atoms with E-state index in [1.54, 1.807) is 18.8 Å². The van der Waals surface area contributed by atoms with E-state index in [9.17, 15) is 0 Å². The molecule has 2 heterocycles. The fraction of sp³-hybridized carbons (Fsp3) is 0.200. The van der Waals surface area contributed by atoms with E-state index < -0.39 is 0 Å². The molecule has 3 nitrogen and oxygen atoms in total. The van der Waals surface area contributed by atoms with E-state index in [0.29, 0.717) is 0 Å². The molecule has 1 unspecified atom stereocenters. The molecule has 0 saturated heterocycles. The first-order valence-electron chi connectivity index (χ1n) is 4.10. The minimum Gasteiger partial charge on any atom is -0.472 e. The molecule has 2 aromatic rings. The van der Waals surface area contributed by atoms with Crippen molar-refractivity contribution >= 4 is 0 Å². The second-order valence-corrected chi connectivity index (χ2v) is 3.00. The molecule has 0 spiro atoms. The van der Waals surface area contributed by atoms with Gasteiger partial charge in [-0.3, -0.25) is 0 Å². The highest BCUT2D eigenvalue weighted by atomic mass is 16.3. The Hall–Kier alpha value is -1.48. The third-order valence-electron chi connectivity index (χ3n) is 2.09. The summed E-state index contributed by atoms with van der Waals surface area (Å²) in [5.74, 6) is 0.793. The van der Waals surface area contributed by atoms with Gasteiger partial charge in [0.1, 0.15) is 5.76 Å². The maximum absolute atomic E-state index is 5.95. The predicted molar refractivity (Wildman–Crippen MR) is 48.2 cm³/mol. The van der Waals surface area contributed by atoms with Crippen molar-refractivity contribution in [3.63, 3.8) is 0 Å². The molecule has 13 heavy (non-hydrogen) atoms. The SMILES string of the molecule is Cc1ccoc1C(N)c1ccoc1. The van der Waals surface area contributed by atoms with Gasteiger partial charge in [-0.1, -0.05) is 0 Å². The average molecular weight is 177 g/mol. The Morgan fingerprint density at radius 1 is 1.31 bits per heavy atom. The zero-order valence-electron chi connectivity index (χ0n) is 7.36. The van der Waals surface area contributed by atoms with E-state index in [4.69, 9.17) is 14.6 Å². The molecule has 2 aromatic heterocycles. The summed E-state index contributed by atoms with van der Waals surface area (Å²) >= 11 is 0. The van der Waals surface area contributed by atoms with Gasteiger partial charge < -0.3 is 14.6 Å². The molecule has 2 rings (SSSR count). The zero-order valence-corrected chi connectivity index (χ0v) is 7.36. The summed E-state index contributed by atoms with van der Waals surface area (Å²) in [6.07, 6.45) is 4.88. The highest BCUT2D eigenvalue weighted by Crippen LogP contribution is 2.23. The van der Waals surface area contributed by atoms with Crippen LogP contribution in [0.15, 0.2) is 39.8 Å². The minimum atomic E-state index is -0.228.